The minimum atomic E-state index is 0.267. The molecule has 218 valence electrons. The maximum absolute atomic E-state index is 5.48. The minimum Gasteiger partial charge on any atom is -0.330 e. The molecule has 10 N–H and O–H groups in total. The third kappa shape index (κ3) is 33.1. The Labute approximate surface area is 241 Å². The van der Waals surface area contributed by atoms with Gasteiger partial charge in [0.2, 0.25) is 0 Å². The fourth-order valence-electron chi connectivity index (χ4n) is 2.24. The zero-order chi connectivity index (χ0) is 28.0. The Balaban J connectivity index is -0.000000186. The van der Waals surface area contributed by atoms with Gasteiger partial charge in [0.25, 0.3) is 0 Å². The van der Waals surface area contributed by atoms with E-state index in [0.717, 1.165) is 75.2 Å². The summed E-state index contributed by atoms with van der Waals surface area (Å²) >= 11 is 16.7. The van der Waals surface area contributed by atoms with Crippen molar-refractivity contribution < 1.29 is 0 Å². The van der Waals surface area contributed by atoms with Crippen molar-refractivity contribution in [2.75, 3.05) is 96.0 Å². The number of rotatable bonds is 18. The first kappa shape index (κ1) is 43.2. The fourth-order valence-corrected chi connectivity index (χ4v) is 3.41. The van der Waals surface area contributed by atoms with Crippen LogP contribution in [-0.2, 0) is 0 Å². The smallest absolute Gasteiger partial charge is 0.0000665 e. The van der Waals surface area contributed by atoms with Gasteiger partial charge in [0, 0.05) is 0 Å². The second kappa shape index (κ2) is 35.1. The Kier molecular flexibility index (Phi) is 43.3. The molecule has 0 spiro atoms. The van der Waals surface area contributed by atoms with E-state index in [1.165, 1.54) is 0 Å². The lowest BCUT2D eigenvalue weighted by atomic mass is 9.90. The van der Waals surface area contributed by atoms with Gasteiger partial charge in [-0.25, -0.2) is 0 Å². The van der Waals surface area contributed by atoms with Crippen LogP contribution in [-0.4, -0.2) is 96.0 Å². The Morgan fingerprint density at radius 2 is 1.03 bits per heavy atom. The number of thiol groups is 4. The lowest BCUT2D eigenvalue weighted by molar-refractivity contribution is 0.375. The van der Waals surface area contributed by atoms with Gasteiger partial charge >= 0.3 is 0 Å². The van der Waals surface area contributed by atoms with Crippen LogP contribution in [0.1, 0.15) is 34.1 Å². The summed E-state index contributed by atoms with van der Waals surface area (Å²) in [6.45, 7) is 16.9. The summed E-state index contributed by atoms with van der Waals surface area (Å²) in [5.41, 5.74) is 16.3. The van der Waals surface area contributed by atoms with Gasteiger partial charge in [-0.05, 0) is 126 Å². The highest BCUT2D eigenvalue weighted by atomic mass is 32.1. The maximum Gasteiger partial charge on any atom is -0.0000665 e. The molecule has 7 nitrogen and oxygen atoms in total. The molecule has 0 heterocycles. The Bertz CT molecular complexity index is 337. The third-order valence-electron chi connectivity index (χ3n) is 5.52. The van der Waals surface area contributed by atoms with Crippen LogP contribution in [0.15, 0.2) is 0 Å². The molecule has 35 heavy (non-hydrogen) atoms. The van der Waals surface area contributed by atoms with Crippen LogP contribution in [0, 0.1) is 23.2 Å². The molecule has 0 aromatic carbocycles. The van der Waals surface area contributed by atoms with Crippen molar-refractivity contribution in [2.45, 2.75) is 34.1 Å². The van der Waals surface area contributed by atoms with E-state index in [1.54, 1.807) is 0 Å². The van der Waals surface area contributed by atoms with E-state index in [1.807, 2.05) is 14.1 Å². The van der Waals surface area contributed by atoms with Crippen molar-refractivity contribution in [1.82, 2.24) is 21.3 Å². The monoisotopic (exact) mass is 577 g/mol. The summed E-state index contributed by atoms with van der Waals surface area (Å²) in [7, 11) is 3.93. The normalized spacial score (nSPS) is 12.3. The van der Waals surface area contributed by atoms with Crippen LogP contribution in [0.3, 0.4) is 0 Å². The third-order valence-corrected chi connectivity index (χ3v) is 7.83. The van der Waals surface area contributed by atoms with Crippen LogP contribution in [0.4, 0.5) is 0 Å². The molecule has 0 bridgehead atoms. The number of nitrogens with two attached hydrogens (primary N) is 3. The van der Waals surface area contributed by atoms with Crippen molar-refractivity contribution in [3.8, 4) is 0 Å². The van der Waals surface area contributed by atoms with Gasteiger partial charge in [0.1, 0.15) is 0 Å². The molecule has 0 amide bonds. The molecule has 1 unspecified atom stereocenters. The van der Waals surface area contributed by atoms with Crippen molar-refractivity contribution in [1.29, 1.82) is 0 Å². The highest BCUT2D eigenvalue weighted by molar-refractivity contribution is 7.80. The van der Waals surface area contributed by atoms with Gasteiger partial charge < -0.3 is 38.5 Å². The molecule has 11 heteroatoms. The topological polar surface area (TPSA) is 126 Å². The first-order valence-electron chi connectivity index (χ1n) is 13.0. The SMILES string of the molecule is CCC(C)(CN)CS.CCNCC(CS)CNCC.CNCC(CS)CNC.NCC(CN)CS. The molecule has 1 atom stereocenters. The van der Waals surface area contributed by atoms with E-state index >= 15 is 0 Å². The standard InChI is InChI=1S/C8H20N2S.C6H16N2S.C6H15NS.C4H12N2S/c1-3-9-5-8(7-11)6-10-4-2;1-7-3-6(5-9)4-8-2;1-3-6(2,4-7)5-8;5-1-4(2-6)3-7/h8-11H,3-7H2,1-2H3;6-9H,3-5H2,1-2H3;8H,3-5,7H2,1-2H3;4,7H,1-3,5-6H2. The van der Waals surface area contributed by atoms with Gasteiger partial charge in [0.15, 0.2) is 0 Å². The second-order valence-corrected chi connectivity index (χ2v) is 10.3. The lowest BCUT2D eigenvalue weighted by Gasteiger charge is -2.22. The van der Waals surface area contributed by atoms with E-state index in [-0.39, 0.29) is 5.41 Å². The molecule has 0 aromatic rings. The van der Waals surface area contributed by atoms with Crippen molar-refractivity contribution in [3.05, 3.63) is 0 Å². The van der Waals surface area contributed by atoms with E-state index < -0.39 is 0 Å². The first-order chi connectivity index (χ1) is 16.7. The van der Waals surface area contributed by atoms with Gasteiger partial charge in [-0.15, -0.1) is 0 Å². The van der Waals surface area contributed by atoms with Crippen LogP contribution >= 0.6 is 50.5 Å². The summed E-state index contributed by atoms with van der Waals surface area (Å²) in [5, 5.41) is 12.9. The number of hydrogen-bond acceptors (Lipinski definition) is 11. The predicted octanol–water partition coefficient (Wildman–Crippen LogP) is 1.46. The highest BCUT2D eigenvalue weighted by Gasteiger charge is 2.16. The van der Waals surface area contributed by atoms with Crippen molar-refractivity contribution in [3.63, 3.8) is 0 Å². The van der Waals surface area contributed by atoms with Crippen molar-refractivity contribution in [2.24, 2.45) is 40.4 Å². The molecule has 0 saturated heterocycles. The predicted molar refractivity (Wildman–Crippen MR) is 176 cm³/mol. The van der Waals surface area contributed by atoms with Gasteiger partial charge in [-0.3, -0.25) is 0 Å². The largest absolute Gasteiger partial charge is 0.330 e. The average molecular weight is 578 g/mol. The molecule has 0 fully saturated rings. The van der Waals surface area contributed by atoms with Gasteiger partial charge in [-0.2, -0.15) is 50.5 Å². The van der Waals surface area contributed by atoms with Gasteiger partial charge in [-0.1, -0.05) is 27.7 Å². The van der Waals surface area contributed by atoms with Crippen LogP contribution in [0.5, 0.6) is 0 Å². The minimum absolute atomic E-state index is 0.267. The second-order valence-electron chi connectivity index (χ2n) is 8.87. The number of hydrogen-bond donors (Lipinski definition) is 11. The van der Waals surface area contributed by atoms with E-state index in [0.29, 0.717) is 30.8 Å². The number of nitrogens with one attached hydrogen (secondary N) is 4. The molecule has 0 saturated carbocycles. The maximum atomic E-state index is 5.48. The Hall–Kier alpha value is 1.12. The Morgan fingerprint density at radius 3 is 1.17 bits per heavy atom. The molecule has 0 aliphatic rings. The molecule has 0 radical (unpaired) electrons. The van der Waals surface area contributed by atoms with E-state index in [2.05, 4.69) is 99.5 Å². The summed E-state index contributed by atoms with van der Waals surface area (Å²) < 4.78 is 0. The zero-order valence-corrected chi connectivity index (χ0v) is 27.2. The molecule has 0 aromatic heterocycles. The molecular weight excluding hydrogens is 515 g/mol. The molecule has 0 aliphatic carbocycles. The summed E-state index contributed by atoms with van der Waals surface area (Å²) in [4.78, 5) is 0. The fraction of sp³-hybridized carbons (Fsp3) is 1.00. The van der Waals surface area contributed by atoms with Crippen LogP contribution in [0.2, 0.25) is 0 Å². The van der Waals surface area contributed by atoms with Crippen LogP contribution < -0.4 is 38.5 Å². The quantitative estimate of drug-likeness (QED) is 0.111. The summed E-state index contributed by atoms with van der Waals surface area (Å²) in [5.74, 6) is 5.32. The van der Waals surface area contributed by atoms with E-state index in [9.17, 15) is 0 Å². The summed E-state index contributed by atoms with van der Waals surface area (Å²) in [6.07, 6.45) is 1.12. The van der Waals surface area contributed by atoms with Crippen LogP contribution in [0.25, 0.3) is 0 Å². The van der Waals surface area contributed by atoms with Crippen molar-refractivity contribution >= 4 is 50.5 Å². The first-order valence-corrected chi connectivity index (χ1v) is 15.5. The van der Waals surface area contributed by atoms with E-state index in [4.69, 9.17) is 17.2 Å². The zero-order valence-electron chi connectivity index (χ0n) is 23.7. The average Bonchev–Trinajstić information content (AvgIpc) is 2.90. The summed E-state index contributed by atoms with van der Waals surface area (Å²) in [6, 6.07) is 0. The van der Waals surface area contributed by atoms with Gasteiger partial charge in [0.05, 0.1) is 0 Å². The highest BCUT2D eigenvalue weighted by Crippen LogP contribution is 2.19. The lowest BCUT2D eigenvalue weighted by Crippen LogP contribution is -2.32. The molecular formula is C24H63N7S4. The Morgan fingerprint density at radius 1 is 0.657 bits per heavy atom. The molecule has 0 aliphatic heterocycles. The molecule has 0 rings (SSSR count).